The van der Waals surface area contributed by atoms with Crippen LogP contribution in [0.4, 0.5) is 0 Å². The van der Waals surface area contributed by atoms with Crippen molar-refractivity contribution in [3.05, 3.63) is 41.6 Å². The van der Waals surface area contributed by atoms with Gasteiger partial charge < -0.3 is 14.2 Å². The standard InChI is InChI=1S/C19H23ClN2O5S/c1-25-17-9-8-16(11-18(17)26-2)28(23,24)22-14-4-6-15(7-5-14)27-19-10-3-13(20)12-21-19/h3,8-12,14-15,22H,4-7H2,1-2H3. The molecule has 0 bridgehead atoms. The van der Waals surface area contributed by atoms with E-state index >= 15 is 0 Å². The molecule has 1 N–H and O–H groups in total. The molecular weight excluding hydrogens is 404 g/mol. The van der Waals surface area contributed by atoms with Crippen molar-refractivity contribution in [2.45, 2.75) is 42.7 Å². The summed E-state index contributed by atoms with van der Waals surface area (Å²) in [5.74, 6) is 1.38. The van der Waals surface area contributed by atoms with Gasteiger partial charge in [-0.15, -0.1) is 0 Å². The van der Waals surface area contributed by atoms with E-state index in [-0.39, 0.29) is 17.0 Å². The molecule has 0 amide bonds. The fourth-order valence-electron chi connectivity index (χ4n) is 3.17. The van der Waals surface area contributed by atoms with Crippen molar-refractivity contribution < 1.29 is 22.6 Å². The second-order valence-corrected chi connectivity index (χ2v) is 8.69. The van der Waals surface area contributed by atoms with Gasteiger partial charge in [0.25, 0.3) is 0 Å². The lowest BCUT2D eigenvalue weighted by Crippen LogP contribution is -2.39. The number of nitrogens with one attached hydrogen (secondary N) is 1. The molecule has 1 saturated carbocycles. The summed E-state index contributed by atoms with van der Waals surface area (Å²) in [6.45, 7) is 0. The lowest BCUT2D eigenvalue weighted by Gasteiger charge is -2.29. The first-order valence-electron chi connectivity index (χ1n) is 8.94. The van der Waals surface area contributed by atoms with Crippen LogP contribution in [-0.4, -0.2) is 39.8 Å². The first kappa shape index (κ1) is 20.7. The van der Waals surface area contributed by atoms with Crippen LogP contribution in [0.1, 0.15) is 25.7 Å². The van der Waals surface area contributed by atoms with Gasteiger partial charge in [0.1, 0.15) is 6.10 Å². The first-order valence-corrected chi connectivity index (χ1v) is 10.8. The first-order chi connectivity index (χ1) is 13.4. The minimum atomic E-state index is -3.65. The minimum absolute atomic E-state index is 0.00973. The van der Waals surface area contributed by atoms with E-state index in [2.05, 4.69) is 9.71 Å². The Morgan fingerprint density at radius 2 is 1.75 bits per heavy atom. The van der Waals surface area contributed by atoms with Crippen LogP contribution in [-0.2, 0) is 10.0 Å². The van der Waals surface area contributed by atoms with E-state index in [4.69, 9.17) is 25.8 Å². The zero-order valence-electron chi connectivity index (χ0n) is 15.7. The van der Waals surface area contributed by atoms with Crippen molar-refractivity contribution in [3.63, 3.8) is 0 Å². The third-order valence-corrected chi connectivity index (χ3v) is 6.39. The zero-order chi connectivity index (χ0) is 20.1. The van der Waals surface area contributed by atoms with Gasteiger partial charge in [-0.3, -0.25) is 0 Å². The molecule has 9 heteroatoms. The van der Waals surface area contributed by atoms with E-state index in [1.165, 1.54) is 26.4 Å². The number of pyridine rings is 1. The summed E-state index contributed by atoms with van der Waals surface area (Å²) in [4.78, 5) is 4.28. The number of nitrogens with zero attached hydrogens (tertiary/aromatic N) is 1. The van der Waals surface area contributed by atoms with Crippen LogP contribution >= 0.6 is 11.6 Å². The van der Waals surface area contributed by atoms with Gasteiger partial charge in [-0.05, 0) is 43.9 Å². The molecule has 1 fully saturated rings. The van der Waals surface area contributed by atoms with Crippen LogP contribution in [0.15, 0.2) is 41.4 Å². The molecule has 3 rings (SSSR count). The fraction of sp³-hybridized carbons (Fsp3) is 0.421. The highest BCUT2D eigenvalue weighted by atomic mass is 35.5. The molecule has 0 unspecified atom stereocenters. The summed E-state index contributed by atoms with van der Waals surface area (Å²) >= 11 is 5.82. The zero-order valence-corrected chi connectivity index (χ0v) is 17.3. The Morgan fingerprint density at radius 3 is 2.36 bits per heavy atom. The number of hydrogen-bond donors (Lipinski definition) is 1. The molecule has 1 aromatic heterocycles. The largest absolute Gasteiger partial charge is 0.493 e. The summed E-state index contributed by atoms with van der Waals surface area (Å²) in [6.07, 6.45) is 4.40. The van der Waals surface area contributed by atoms with E-state index in [0.717, 1.165) is 12.8 Å². The molecule has 1 aromatic carbocycles. The van der Waals surface area contributed by atoms with E-state index in [1.807, 2.05) is 0 Å². The smallest absolute Gasteiger partial charge is 0.240 e. The monoisotopic (exact) mass is 426 g/mol. The van der Waals surface area contributed by atoms with E-state index in [0.29, 0.717) is 35.2 Å². The van der Waals surface area contributed by atoms with Crippen LogP contribution in [0.3, 0.4) is 0 Å². The van der Waals surface area contributed by atoms with Gasteiger partial charge in [0, 0.05) is 24.4 Å². The van der Waals surface area contributed by atoms with Gasteiger partial charge in [0.15, 0.2) is 11.5 Å². The SMILES string of the molecule is COc1ccc(S(=O)(=O)NC2CCC(Oc3ccc(Cl)cn3)CC2)cc1OC. The van der Waals surface area contributed by atoms with Crippen molar-refractivity contribution in [1.29, 1.82) is 0 Å². The number of hydrogen-bond acceptors (Lipinski definition) is 6. The van der Waals surface area contributed by atoms with E-state index < -0.39 is 10.0 Å². The lowest BCUT2D eigenvalue weighted by atomic mass is 9.94. The van der Waals surface area contributed by atoms with Crippen LogP contribution < -0.4 is 18.9 Å². The van der Waals surface area contributed by atoms with Crippen molar-refractivity contribution in [1.82, 2.24) is 9.71 Å². The molecule has 28 heavy (non-hydrogen) atoms. The third kappa shape index (κ3) is 5.06. The van der Waals surface area contributed by atoms with Crippen molar-refractivity contribution in [2.75, 3.05) is 14.2 Å². The van der Waals surface area contributed by atoms with Crippen molar-refractivity contribution in [3.8, 4) is 17.4 Å². The summed E-state index contributed by atoms with van der Waals surface area (Å²) in [7, 11) is -0.677. The van der Waals surface area contributed by atoms with Gasteiger partial charge in [0.05, 0.1) is 24.1 Å². The highest BCUT2D eigenvalue weighted by molar-refractivity contribution is 7.89. The molecule has 0 aliphatic heterocycles. The van der Waals surface area contributed by atoms with Crippen LogP contribution in [0, 0.1) is 0 Å². The maximum Gasteiger partial charge on any atom is 0.240 e. The Balaban J connectivity index is 1.58. The van der Waals surface area contributed by atoms with Gasteiger partial charge in [-0.1, -0.05) is 11.6 Å². The Labute approximate surface area is 170 Å². The number of sulfonamides is 1. The van der Waals surface area contributed by atoms with Gasteiger partial charge in [0.2, 0.25) is 15.9 Å². The Kier molecular flexibility index (Phi) is 6.64. The Morgan fingerprint density at radius 1 is 1.04 bits per heavy atom. The number of methoxy groups -OCH3 is 2. The van der Waals surface area contributed by atoms with Gasteiger partial charge in [-0.25, -0.2) is 18.1 Å². The molecule has 152 valence electrons. The number of benzene rings is 1. The summed E-state index contributed by atoms with van der Waals surface area (Å²) in [6, 6.07) is 7.86. The van der Waals surface area contributed by atoms with Crippen molar-refractivity contribution in [2.24, 2.45) is 0 Å². The second-order valence-electron chi connectivity index (χ2n) is 6.54. The molecule has 0 radical (unpaired) electrons. The molecule has 1 aliphatic rings. The van der Waals surface area contributed by atoms with Gasteiger partial charge >= 0.3 is 0 Å². The van der Waals surface area contributed by atoms with E-state index in [1.54, 1.807) is 24.4 Å². The minimum Gasteiger partial charge on any atom is -0.493 e. The average molecular weight is 427 g/mol. The summed E-state index contributed by atoms with van der Waals surface area (Å²) in [5.41, 5.74) is 0. The number of rotatable bonds is 7. The molecule has 0 atom stereocenters. The summed E-state index contributed by atoms with van der Waals surface area (Å²) < 4.78 is 44.4. The Bertz CT molecular complexity index is 897. The number of aromatic nitrogens is 1. The second kappa shape index (κ2) is 8.98. The summed E-state index contributed by atoms with van der Waals surface area (Å²) in [5, 5.41) is 0.556. The van der Waals surface area contributed by atoms with Crippen molar-refractivity contribution >= 4 is 21.6 Å². The molecule has 2 aromatic rings. The highest BCUT2D eigenvalue weighted by Crippen LogP contribution is 2.30. The van der Waals surface area contributed by atoms with Crippen LogP contribution in [0.5, 0.6) is 17.4 Å². The fourth-order valence-corrected chi connectivity index (χ4v) is 4.60. The number of ether oxygens (including phenoxy) is 3. The lowest BCUT2D eigenvalue weighted by molar-refractivity contribution is 0.138. The predicted octanol–water partition coefficient (Wildman–Crippen LogP) is 3.42. The highest BCUT2D eigenvalue weighted by Gasteiger charge is 2.27. The van der Waals surface area contributed by atoms with E-state index in [9.17, 15) is 8.42 Å². The molecular formula is C19H23ClN2O5S. The quantitative estimate of drug-likeness (QED) is 0.729. The average Bonchev–Trinajstić information content (AvgIpc) is 2.70. The topological polar surface area (TPSA) is 86.8 Å². The molecule has 0 saturated heterocycles. The van der Waals surface area contributed by atoms with Crippen LogP contribution in [0.25, 0.3) is 0 Å². The molecule has 0 spiro atoms. The number of halogens is 1. The Hall–Kier alpha value is -2.03. The predicted molar refractivity (Wildman–Crippen MR) is 106 cm³/mol. The molecule has 1 aliphatic carbocycles. The molecule has 7 nitrogen and oxygen atoms in total. The maximum absolute atomic E-state index is 12.7. The van der Waals surface area contributed by atoms with Crippen LogP contribution in [0.2, 0.25) is 5.02 Å². The maximum atomic E-state index is 12.7. The molecule has 1 heterocycles. The third-order valence-electron chi connectivity index (χ3n) is 4.65. The normalized spacial score (nSPS) is 19.8. The van der Waals surface area contributed by atoms with Gasteiger partial charge in [-0.2, -0.15) is 0 Å².